The number of carbonyl (C=O) groups excluding carboxylic acids is 4. The van der Waals surface area contributed by atoms with Gasteiger partial charge in [0.25, 0.3) is 5.91 Å². The lowest BCUT2D eigenvalue weighted by Gasteiger charge is -2.19. The molecule has 0 spiro atoms. The first kappa shape index (κ1) is 21.4. The van der Waals surface area contributed by atoms with Crippen LogP contribution in [0.3, 0.4) is 0 Å². The predicted octanol–water partition coefficient (Wildman–Crippen LogP) is 3.26. The van der Waals surface area contributed by atoms with Gasteiger partial charge in [-0.3, -0.25) is 19.3 Å². The van der Waals surface area contributed by atoms with Crippen LogP contribution in [0, 0.1) is 23.7 Å². The molecule has 1 saturated heterocycles. The fourth-order valence-corrected chi connectivity index (χ4v) is 5.73. The minimum absolute atomic E-state index is 0.114. The van der Waals surface area contributed by atoms with Gasteiger partial charge in [-0.2, -0.15) is 0 Å². The second-order valence-electron chi connectivity index (χ2n) is 9.22. The highest BCUT2D eigenvalue weighted by Gasteiger charge is 2.61. The number of benzene rings is 2. The van der Waals surface area contributed by atoms with E-state index in [1.165, 1.54) is 17.0 Å². The maximum atomic E-state index is 12.9. The van der Waals surface area contributed by atoms with Crippen molar-refractivity contribution in [2.45, 2.75) is 32.2 Å². The zero-order chi connectivity index (χ0) is 23.1. The van der Waals surface area contributed by atoms with Crippen molar-refractivity contribution in [2.24, 2.45) is 23.7 Å². The Hall–Kier alpha value is -3.48. The summed E-state index contributed by atoms with van der Waals surface area (Å²) in [6.45, 7) is 1.46. The summed E-state index contributed by atoms with van der Waals surface area (Å²) in [5.41, 5.74) is 1.68. The van der Waals surface area contributed by atoms with Gasteiger partial charge < -0.3 is 10.1 Å². The van der Waals surface area contributed by atoms with Crippen molar-refractivity contribution >= 4 is 29.4 Å². The highest BCUT2D eigenvalue weighted by Crippen LogP contribution is 2.56. The van der Waals surface area contributed by atoms with Crippen LogP contribution >= 0.6 is 0 Å². The third kappa shape index (κ3) is 3.81. The van der Waals surface area contributed by atoms with Gasteiger partial charge in [-0.05, 0) is 67.9 Å². The standard InChI is InChI=1S/C26H26N2O5/c1-15(16-5-3-2-4-6-16)27-21(29)14-33-26(32)17-9-11-20(12-10-17)28-24(30)22-18-7-8-19(13-18)23(22)25(28)31/h2-6,9-12,15,18-19,22-23H,7-8,13-14H2,1H3,(H,27,29)/t15-,18-,19-,22-,23-/m0/s1. The molecule has 3 fully saturated rings. The molecule has 2 bridgehead atoms. The average Bonchev–Trinajstić information content (AvgIpc) is 3.52. The van der Waals surface area contributed by atoms with Crippen molar-refractivity contribution in [3.8, 4) is 0 Å². The largest absolute Gasteiger partial charge is 0.452 e. The fourth-order valence-electron chi connectivity index (χ4n) is 5.73. The molecule has 0 radical (unpaired) electrons. The first-order valence-corrected chi connectivity index (χ1v) is 11.4. The van der Waals surface area contributed by atoms with Gasteiger partial charge in [-0.15, -0.1) is 0 Å². The predicted molar refractivity (Wildman–Crippen MR) is 120 cm³/mol. The van der Waals surface area contributed by atoms with Gasteiger partial charge >= 0.3 is 5.97 Å². The molecule has 170 valence electrons. The van der Waals surface area contributed by atoms with Crippen LogP contribution in [0.15, 0.2) is 54.6 Å². The number of nitrogens with zero attached hydrogens (tertiary/aromatic N) is 1. The van der Waals surface area contributed by atoms with Crippen LogP contribution in [-0.4, -0.2) is 30.3 Å². The molecular weight excluding hydrogens is 420 g/mol. The monoisotopic (exact) mass is 446 g/mol. The van der Waals surface area contributed by atoms with Crippen molar-refractivity contribution in [1.29, 1.82) is 0 Å². The Kier molecular flexibility index (Phi) is 5.48. The van der Waals surface area contributed by atoms with E-state index in [4.69, 9.17) is 4.74 Å². The molecule has 1 aliphatic heterocycles. The number of imide groups is 1. The number of amides is 3. The number of esters is 1. The van der Waals surface area contributed by atoms with Crippen molar-refractivity contribution < 1.29 is 23.9 Å². The zero-order valence-electron chi connectivity index (χ0n) is 18.4. The van der Waals surface area contributed by atoms with Crippen molar-refractivity contribution in [3.05, 3.63) is 65.7 Å². The Bertz CT molecular complexity index is 1070. The van der Waals surface area contributed by atoms with Gasteiger partial charge in [-0.25, -0.2) is 4.79 Å². The topological polar surface area (TPSA) is 92.8 Å². The van der Waals surface area contributed by atoms with E-state index in [1.807, 2.05) is 37.3 Å². The van der Waals surface area contributed by atoms with E-state index < -0.39 is 18.5 Å². The summed E-state index contributed by atoms with van der Waals surface area (Å²) in [5.74, 6) is -0.981. The number of fused-ring (bicyclic) bond motifs is 5. The Morgan fingerprint density at radius 3 is 2.18 bits per heavy atom. The molecule has 2 aromatic rings. The van der Waals surface area contributed by atoms with E-state index in [-0.39, 0.29) is 35.3 Å². The lowest BCUT2D eigenvalue weighted by Crippen LogP contribution is -2.32. The van der Waals surface area contributed by atoms with Crippen LogP contribution in [0.4, 0.5) is 5.69 Å². The van der Waals surface area contributed by atoms with Crippen molar-refractivity contribution in [2.75, 3.05) is 11.5 Å². The number of rotatable bonds is 6. The fraction of sp³-hybridized carbons (Fsp3) is 0.385. The summed E-state index contributed by atoms with van der Waals surface area (Å²) < 4.78 is 5.13. The molecule has 0 aromatic heterocycles. The Labute approximate surface area is 192 Å². The number of nitrogens with one attached hydrogen (secondary N) is 1. The molecule has 5 atom stereocenters. The maximum Gasteiger partial charge on any atom is 0.338 e. The highest BCUT2D eigenvalue weighted by atomic mass is 16.5. The van der Waals surface area contributed by atoms with Gasteiger partial charge in [0.1, 0.15) is 0 Å². The lowest BCUT2D eigenvalue weighted by molar-refractivity contribution is -0.125. The number of ether oxygens (including phenoxy) is 1. The number of anilines is 1. The third-order valence-corrected chi connectivity index (χ3v) is 7.30. The quantitative estimate of drug-likeness (QED) is 0.543. The minimum Gasteiger partial charge on any atom is -0.452 e. The summed E-state index contributed by atoms with van der Waals surface area (Å²) in [6, 6.07) is 15.5. The third-order valence-electron chi connectivity index (χ3n) is 7.30. The molecule has 0 unspecified atom stereocenters. The summed E-state index contributed by atoms with van der Waals surface area (Å²) in [7, 11) is 0. The van der Waals surface area contributed by atoms with Gasteiger partial charge in [0, 0.05) is 0 Å². The Morgan fingerprint density at radius 1 is 0.970 bits per heavy atom. The van der Waals surface area contributed by atoms with E-state index in [0.29, 0.717) is 17.5 Å². The van der Waals surface area contributed by atoms with Crippen LogP contribution in [0.2, 0.25) is 0 Å². The van der Waals surface area contributed by atoms with Crippen LogP contribution in [-0.2, 0) is 19.1 Å². The molecule has 1 heterocycles. The normalized spacial score (nSPS) is 26.3. The lowest BCUT2D eigenvalue weighted by atomic mass is 9.81. The highest BCUT2D eigenvalue weighted by molar-refractivity contribution is 6.22. The van der Waals surface area contributed by atoms with Crippen LogP contribution in [0.1, 0.15) is 48.1 Å². The number of carbonyl (C=O) groups is 4. The molecule has 7 heteroatoms. The molecule has 7 nitrogen and oxygen atoms in total. The first-order chi connectivity index (χ1) is 15.9. The summed E-state index contributed by atoms with van der Waals surface area (Å²) in [5, 5.41) is 2.79. The van der Waals surface area contributed by atoms with Gasteiger partial charge in [0.05, 0.1) is 29.1 Å². The van der Waals surface area contributed by atoms with Crippen molar-refractivity contribution in [1.82, 2.24) is 5.32 Å². The van der Waals surface area contributed by atoms with Crippen LogP contribution < -0.4 is 10.2 Å². The molecule has 2 aliphatic carbocycles. The maximum absolute atomic E-state index is 12.9. The van der Waals surface area contributed by atoms with E-state index >= 15 is 0 Å². The second-order valence-corrected chi connectivity index (χ2v) is 9.22. The molecule has 2 aromatic carbocycles. The molecule has 33 heavy (non-hydrogen) atoms. The average molecular weight is 447 g/mol. The number of hydrogen-bond donors (Lipinski definition) is 1. The Balaban J connectivity index is 1.18. The second kappa shape index (κ2) is 8.46. The minimum atomic E-state index is -0.641. The van der Waals surface area contributed by atoms with Crippen LogP contribution in [0.25, 0.3) is 0 Å². The van der Waals surface area contributed by atoms with Crippen molar-refractivity contribution in [3.63, 3.8) is 0 Å². The van der Waals surface area contributed by atoms with E-state index in [2.05, 4.69) is 5.32 Å². The van der Waals surface area contributed by atoms with E-state index in [0.717, 1.165) is 24.8 Å². The molecule has 3 aliphatic rings. The Morgan fingerprint density at radius 2 is 1.58 bits per heavy atom. The molecular formula is C26H26N2O5. The summed E-state index contributed by atoms with van der Waals surface area (Å²) in [4.78, 5) is 51.7. The van der Waals surface area contributed by atoms with Gasteiger partial charge in [0.15, 0.2) is 6.61 Å². The molecule has 5 rings (SSSR count). The molecule has 3 amide bonds. The van der Waals surface area contributed by atoms with Gasteiger partial charge in [-0.1, -0.05) is 30.3 Å². The smallest absolute Gasteiger partial charge is 0.338 e. The number of hydrogen-bond acceptors (Lipinski definition) is 5. The van der Waals surface area contributed by atoms with Crippen LogP contribution in [0.5, 0.6) is 0 Å². The SMILES string of the molecule is C[C@H](NC(=O)COC(=O)c1ccc(N2C(=O)[C@H]3[C@H]4CC[C@@H](C4)[C@@H]3C2=O)cc1)c1ccccc1. The summed E-state index contributed by atoms with van der Waals surface area (Å²) in [6.07, 6.45) is 3.05. The zero-order valence-corrected chi connectivity index (χ0v) is 18.4. The molecule has 1 N–H and O–H groups in total. The molecule has 2 saturated carbocycles. The van der Waals surface area contributed by atoms with Gasteiger partial charge in [0.2, 0.25) is 11.8 Å². The first-order valence-electron chi connectivity index (χ1n) is 11.4. The van der Waals surface area contributed by atoms with E-state index in [1.54, 1.807) is 12.1 Å². The summed E-state index contributed by atoms with van der Waals surface area (Å²) >= 11 is 0. The van der Waals surface area contributed by atoms with E-state index in [9.17, 15) is 19.2 Å².